The van der Waals surface area contributed by atoms with Gasteiger partial charge in [0.1, 0.15) is 18.2 Å². The van der Waals surface area contributed by atoms with Crippen LogP contribution in [0.3, 0.4) is 0 Å². The number of hydrogen-bond donors (Lipinski definition) is 1. The van der Waals surface area contributed by atoms with Crippen LogP contribution >= 0.6 is 11.6 Å². The van der Waals surface area contributed by atoms with E-state index in [4.69, 9.17) is 16.3 Å². The molecule has 3 rings (SSSR count). The summed E-state index contributed by atoms with van der Waals surface area (Å²) in [6.07, 6.45) is 0. The minimum atomic E-state index is -1.38. The number of carbonyl (C=O) groups is 1. The fourth-order valence-electron chi connectivity index (χ4n) is 2.28. The molecule has 1 aromatic heterocycles. The number of carbonyl (C=O) groups excluding carboxylic acids is 1. The van der Waals surface area contributed by atoms with E-state index in [9.17, 15) is 14.3 Å². The van der Waals surface area contributed by atoms with E-state index in [-0.39, 0.29) is 46.3 Å². The smallest absolute Gasteiger partial charge is 0.546 e. The van der Waals surface area contributed by atoms with E-state index < -0.39 is 18.4 Å². The third-order valence-electron chi connectivity index (χ3n) is 3.53. The summed E-state index contributed by atoms with van der Waals surface area (Å²) >= 11 is 5.71. The maximum absolute atomic E-state index is 13.8. The van der Waals surface area contributed by atoms with Crippen LogP contribution < -0.4 is 44.7 Å². The molecule has 0 aliphatic heterocycles. The molecule has 0 saturated carbocycles. The standard InChI is InChI=1S/C19H15ClFN3O3.Na/c20-14-7-6-13(8-15(14)21)19-23-16(9-17(24-19)27-11-18(25)26)22-10-12-4-2-1-3-5-12;/h1-9H,10-11H2,(H,25,26)(H,22,23,24);/q;+1/p-1. The van der Waals surface area contributed by atoms with Crippen LogP contribution in [0, 0.1) is 5.82 Å². The quantitative estimate of drug-likeness (QED) is 0.538. The Labute approximate surface area is 188 Å². The molecular weight excluding hydrogens is 396 g/mol. The summed E-state index contributed by atoms with van der Waals surface area (Å²) in [6, 6.07) is 15.2. The molecule has 0 atom stereocenters. The second kappa shape index (κ2) is 10.4. The van der Waals surface area contributed by atoms with Gasteiger partial charge < -0.3 is 20.0 Å². The number of nitrogens with zero attached hydrogens (tertiary/aromatic N) is 2. The van der Waals surface area contributed by atoms with Gasteiger partial charge in [0.2, 0.25) is 5.88 Å². The van der Waals surface area contributed by atoms with Gasteiger partial charge in [-0.25, -0.2) is 9.37 Å². The average Bonchev–Trinajstić information content (AvgIpc) is 2.67. The van der Waals surface area contributed by atoms with Gasteiger partial charge in [-0.2, -0.15) is 4.98 Å². The Bertz CT molecular complexity index is 960. The molecule has 28 heavy (non-hydrogen) atoms. The maximum atomic E-state index is 13.8. The molecule has 0 unspecified atom stereocenters. The number of ether oxygens (including phenoxy) is 1. The number of rotatable bonds is 7. The third kappa shape index (κ3) is 6.17. The summed E-state index contributed by atoms with van der Waals surface area (Å²) in [7, 11) is 0. The first-order valence-electron chi connectivity index (χ1n) is 7.96. The van der Waals surface area contributed by atoms with Crippen molar-refractivity contribution in [3.05, 3.63) is 71.0 Å². The molecule has 0 radical (unpaired) electrons. The Morgan fingerprint density at radius 2 is 1.89 bits per heavy atom. The van der Waals surface area contributed by atoms with Crippen LogP contribution in [-0.4, -0.2) is 22.5 Å². The van der Waals surface area contributed by atoms with E-state index in [2.05, 4.69) is 15.3 Å². The SMILES string of the molecule is O=C([O-])COc1cc(NCc2ccccc2)nc(-c2ccc(Cl)c(F)c2)n1.[Na+]. The van der Waals surface area contributed by atoms with Gasteiger partial charge in [-0.15, -0.1) is 0 Å². The summed E-state index contributed by atoms with van der Waals surface area (Å²) in [6.45, 7) is -0.185. The molecule has 9 heteroatoms. The number of carboxylic acids is 1. The van der Waals surface area contributed by atoms with E-state index in [0.717, 1.165) is 5.56 Å². The zero-order valence-electron chi connectivity index (χ0n) is 15.0. The molecule has 1 N–H and O–H groups in total. The van der Waals surface area contributed by atoms with Crippen molar-refractivity contribution in [2.45, 2.75) is 6.54 Å². The molecule has 0 fully saturated rings. The predicted molar refractivity (Wildman–Crippen MR) is 96.7 cm³/mol. The maximum Gasteiger partial charge on any atom is 1.00 e. The minimum Gasteiger partial charge on any atom is -0.546 e. The largest absolute Gasteiger partial charge is 1.00 e. The van der Waals surface area contributed by atoms with E-state index in [1.165, 1.54) is 18.2 Å². The van der Waals surface area contributed by atoms with Crippen molar-refractivity contribution in [3.8, 4) is 17.3 Å². The van der Waals surface area contributed by atoms with Crippen LogP contribution in [0.4, 0.5) is 10.2 Å². The van der Waals surface area contributed by atoms with E-state index in [1.807, 2.05) is 30.3 Å². The van der Waals surface area contributed by atoms with E-state index >= 15 is 0 Å². The predicted octanol–water partition coefficient (Wildman–Crippen LogP) is -0.319. The first-order valence-corrected chi connectivity index (χ1v) is 8.34. The molecule has 138 valence electrons. The number of benzene rings is 2. The van der Waals surface area contributed by atoms with Crippen LogP contribution in [0.2, 0.25) is 5.02 Å². The summed E-state index contributed by atoms with van der Waals surface area (Å²) in [5.41, 5.74) is 1.39. The van der Waals surface area contributed by atoms with Gasteiger partial charge in [-0.3, -0.25) is 0 Å². The Hall–Kier alpha value is -2.19. The van der Waals surface area contributed by atoms with Crippen LogP contribution in [0.15, 0.2) is 54.6 Å². The molecule has 0 spiro atoms. The molecule has 0 aliphatic rings. The van der Waals surface area contributed by atoms with Crippen molar-refractivity contribution in [2.75, 3.05) is 11.9 Å². The zero-order valence-corrected chi connectivity index (χ0v) is 17.7. The van der Waals surface area contributed by atoms with Crippen molar-refractivity contribution < 1.29 is 48.6 Å². The van der Waals surface area contributed by atoms with Crippen LogP contribution in [0.5, 0.6) is 5.88 Å². The van der Waals surface area contributed by atoms with Gasteiger partial charge in [0.25, 0.3) is 0 Å². The molecule has 6 nitrogen and oxygen atoms in total. The first-order chi connectivity index (χ1) is 13.0. The third-order valence-corrected chi connectivity index (χ3v) is 3.84. The molecular formula is C19H14ClFN3NaO3. The van der Waals surface area contributed by atoms with Crippen molar-refractivity contribution >= 4 is 23.4 Å². The molecule has 0 amide bonds. The number of halogens is 2. The zero-order chi connectivity index (χ0) is 19.2. The number of aliphatic carboxylic acids is 1. The summed E-state index contributed by atoms with van der Waals surface area (Å²) < 4.78 is 18.9. The Morgan fingerprint density at radius 3 is 2.57 bits per heavy atom. The number of anilines is 1. The monoisotopic (exact) mass is 409 g/mol. The Kier molecular flexibility index (Phi) is 8.19. The van der Waals surface area contributed by atoms with Gasteiger partial charge in [0, 0.05) is 18.2 Å². The first kappa shape index (κ1) is 22.1. The molecule has 3 aromatic rings. The average molecular weight is 410 g/mol. The second-order valence-corrected chi connectivity index (χ2v) is 5.95. The summed E-state index contributed by atoms with van der Waals surface area (Å²) in [5.74, 6) is -1.41. The van der Waals surface area contributed by atoms with Crippen molar-refractivity contribution in [2.24, 2.45) is 0 Å². The second-order valence-electron chi connectivity index (χ2n) is 5.54. The minimum absolute atomic E-state index is 0. The fourth-order valence-corrected chi connectivity index (χ4v) is 2.39. The molecule has 0 aliphatic carbocycles. The fraction of sp³-hybridized carbons (Fsp3) is 0.105. The Morgan fingerprint density at radius 1 is 1.14 bits per heavy atom. The van der Waals surface area contributed by atoms with E-state index in [0.29, 0.717) is 17.9 Å². The van der Waals surface area contributed by atoms with Crippen LogP contribution in [0.1, 0.15) is 5.56 Å². The summed E-state index contributed by atoms with van der Waals surface area (Å²) in [4.78, 5) is 19.1. The topological polar surface area (TPSA) is 87.2 Å². The van der Waals surface area contributed by atoms with Crippen molar-refractivity contribution in [3.63, 3.8) is 0 Å². The number of hydrogen-bond acceptors (Lipinski definition) is 6. The number of nitrogens with one attached hydrogen (secondary N) is 1. The Balaban J connectivity index is 0.00000280. The molecule has 1 heterocycles. The number of aromatic nitrogens is 2. The molecule has 2 aromatic carbocycles. The van der Waals surface area contributed by atoms with Crippen molar-refractivity contribution in [1.82, 2.24) is 9.97 Å². The van der Waals surface area contributed by atoms with Gasteiger partial charge >= 0.3 is 29.6 Å². The molecule has 0 saturated heterocycles. The number of carboxylic acid groups (broad SMARTS) is 1. The van der Waals surface area contributed by atoms with E-state index in [1.54, 1.807) is 6.07 Å². The van der Waals surface area contributed by atoms with Crippen LogP contribution in [-0.2, 0) is 11.3 Å². The van der Waals surface area contributed by atoms with Gasteiger partial charge in [-0.05, 0) is 23.8 Å². The van der Waals surface area contributed by atoms with Gasteiger partial charge in [0.15, 0.2) is 5.82 Å². The van der Waals surface area contributed by atoms with Gasteiger partial charge in [0.05, 0.1) is 11.0 Å². The van der Waals surface area contributed by atoms with Crippen LogP contribution in [0.25, 0.3) is 11.4 Å². The van der Waals surface area contributed by atoms with Crippen molar-refractivity contribution in [1.29, 1.82) is 0 Å². The van der Waals surface area contributed by atoms with Gasteiger partial charge in [-0.1, -0.05) is 41.9 Å². The normalized spacial score (nSPS) is 10.1. The molecule has 0 bridgehead atoms. The summed E-state index contributed by atoms with van der Waals surface area (Å²) in [5, 5.41) is 13.7.